The molecule has 0 radical (unpaired) electrons. The van der Waals surface area contributed by atoms with Crippen molar-refractivity contribution in [1.82, 2.24) is 19.6 Å². The van der Waals surface area contributed by atoms with Gasteiger partial charge in [0, 0.05) is 25.4 Å². The van der Waals surface area contributed by atoms with Gasteiger partial charge in [-0.3, -0.25) is 19.3 Å². The largest absolute Gasteiger partial charge is 0.354 e. The maximum atomic E-state index is 13.0. The third-order valence-corrected chi connectivity index (χ3v) is 5.23. The molecule has 2 aromatic heterocycles. The van der Waals surface area contributed by atoms with Gasteiger partial charge in [-0.25, -0.2) is 4.98 Å². The van der Waals surface area contributed by atoms with Crippen molar-refractivity contribution in [3.8, 4) is 0 Å². The van der Waals surface area contributed by atoms with Gasteiger partial charge in [-0.2, -0.15) is 0 Å². The molecule has 1 aliphatic rings. The highest BCUT2D eigenvalue weighted by Gasteiger charge is 2.42. The number of nitrogens with one attached hydrogen (secondary N) is 1. The third kappa shape index (κ3) is 3.70. The van der Waals surface area contributed by atoms with E-state index in [2.05, 4.69) is 10.3 Å². The van der Waals surface area contributed by atoms with Crippen LogP contribution in [0.4, 0.5) is 0 Å². The molecule has 3 heterocycles. The van der Waals surface area contributed by atoms with Crippen molar-refractivity contribution in [3.63, 3.8) is 0 Å². The van der Waals surface area contributed by atoms with Crippen LogP contribution in [0, 0.1) is 5.92 Å². The second-order valence-electron chi connectivity index (χ2n) is 7.91. The molecule has 7 nitrogen and oxygen atoms in total. The van der Waals surface area contributed by atoms with Crippen LogP contribution in [0.15, 0.2) is 54.9 Å². The summed E-state index contributed by atoms with van der Waals surface area (Å²) in [6.07, 6.45) is 4.82. The molecule has 0 spiro atoms. The van der Waals surface area contributed by atoms with Crippen LogP contribution in [0.25, 0.3) is 5.65 Å². The van der Waals surface area contributed by atoms with E-state index in [0.29, 0.717) is 30.5 Å². The second-order valence-corrected chi connectivity index (χ2v) is 7.91. The smallest absolute Gasteiger partial charge is 0.262 e. The molecule has 30 heavy (non-hydrogen) atoms. The number of carbonyl (C=O) groups is 3. The molecule has 4 rings (SSSR count). The molecular formula is C23H24N4O3. The van der Waals surface area contributed by atoms with Gasteiger partial charge >= 0.3 is 0 Å². The van der Waals surface area contributed by atoms with E-state index in [1.54, 1.807) is 24.3 Å². The zero-order valence-electron chi connectivity index (χ0n) is 17.0. The molecule has 0 saturated carbocycles. The topological polar surface area (TPSA) is 83.8 Å². The van der Waals surface area contributed by atoms with Gasteiger partial charge in [-0.05, 0) is 36.6 Å². The van der Waals surface area contributed by atoms with Crippen molar-refractivity contribution < 1.29 is 14.4 Å². The minimum atomic E-state index is -0.835. The lowest BCUT2D eigenvalue weighted by molar-refractivity contribution is -0.125. The van der Waals surface area contributed by atoms with Crippen molar-refractivity contribution in [2.75, 3.05) is 6.54 Å². The molecule has 0 unspecified atom stereocenters. The van der Waals surface area contributed by atoms with E-state index < -0.39 is 17.9 Å². The minimum Gasteiger partial charge on any atom is -0.354 e. The normalized spacial score (nSPS) is 14.4. The average Bonchev–Trinajstić information content (AvgIpc) is 3.25. The molecule has 1 aromatic carbocycles. The number of nitrogens with zero attached hydrogens (tertiary/aromatic N) is 3. The third-order valence-electron chi connectivity index (χ3n) is 5.23. The highest BCUT2D eigenvalue weighted by Crippen LogP contribution is 2.27. The molecule has 3 amide bonds. The Kier molecular flexibility index (Phi) is 5.35. The second kappa shape index (κ2) is 8.10. The van der Waals surface area contributed by atoms with Crippen molar-refractivity contribution in [1.29, 1.82) is 0 Å². The van der Waals surface area contributed by atoms with Crippen molar-refractivity contribution >= 4 is 23.4 Å². The number of benzene rings is 1. The molecule has 154 valence electrons. The van der Waals surface area contributed by atoms with Crippen LogP contribution in [0.3, 0.4) is 0 Å². The lowest BCUT2D eigenvalue weighted by Crippen LogP contribution is -2.50. The zero-order chi connectivity index (χ0) is 21.3. The average molecular weight is 404 g/mol. The van der Waals surface area contributed by atoms with Gasteiger partial charge in [-0.1, -0.05) is 32.0 Å². The van der Waals surface area contributed by atoms with E-state index in [1.807, 2.05) is 48.8 Å². The van der Waals surface area contributed by atoms with Gasteiger partial charge in [0.25, 0.3) is 11.8 Å². The lowest BCUT2D eigenvalue weighted by atomic mass is 10.0. The van der Waals surface area contributed by atoms with E-state index in [1.165, 1.54) is 0 Å². The summed E-state index contributed by atoms with van der Waals surface area (Å²) >= 11 is 0. The van der Waals surface area contributed by atoms with E-state index in [4.69, 9.17) is 0 Å². The lowest BCUT2D eigenvalue weighted by Gasteiger charge is -2.26. The van der Waals surface area contributed by atoms with Crippen LogP contribution in [0.1, 0.15) is 46.7 Å². The fourth-order valence-electron chi connectivity index (χ4n) is 3.81. The molecule has 7 heteroatoms. The van der Waals surface area contributed by atoms with E-state index in [0.717, 1.165) is 16.2 Å². The fraction of sp³-hybridized carbons (Fsp3) is 0.304. The highest BCUT2D eigenvalue weighted by atomic mass is 16.2. The van der Waals surface area contributed by atoms with Crippen LogP contribution in [-0.4, -0.2) is 44.6 Å². The molecule has 3 aromatic rings. The van der Waals surface area contributed by atoms with Gasteiger partial charge in [-0.15, -0.1) is 0 Å². The fourth-order valence-corrected chi connectivity index (χ4v) is 3.81. The molecule has 1 atom stereocenters. The Morgan fingerprint density at radius 2 is 1.70 bits per heavy atom. The summed E-state index contributed by atoms with van der Waals surface area (Å²) in [5.74, 6) is -0.987. The van der Waals surface area contributed by atoms with Gasteiger partial charge < -0.3 is 9.72 Å². The van der Waals surface area contributed by atoms with Crippen LogP contribution in [0.2, 0.25) is 0 Å². The molecule has 0 aliphatic carbocycles. The predicted molar refractivity (Wildman–Crippen MR) is 112 cm³/mol. The number of hydrogen-bond acceptors (Lipinski definition) is 4. The molecule has 1 N–H and O–H groups in total. The molecular weight excluding hydrogens is 380 g/mol. The summed E-state index contributed by atoms with van der Waals surface area (Å²) < 4.78 is 1.93. The van der Waals surface area contributed by atoms with E-state index >= 15 is 0 Å². The monoisotopic (exact) mass is 404 g/mol. The first kappa shape index (κ1) is 19.8. The van der Waals surface area contributed by atoms with Crippen LogP contribution < -0.4 is 5.32 Å². The van der Waals surface area contributed by atoms with Crippen LogP contribution in [-0.2, 0) is 11.2 Å². The van der Waals surface area contributed by atoms with Gasteiger partial charge in [0.2, 0.25) is 5.91 Å². The highest BCUT2D eigenvalue weighted by molar-refractivity contribution is 6.22. The molecule has 0 bridgehead atoms. The van der Waals surface area contributed by atoms with E-state index in [-0.39, 0.29) is 11.8 Å². The quantitative estimate of drug-likeness (QED) is 0.614. The summed E-state index contributed by atoms with van der Waals surface area (Å²) in [7, 11) is 0. The van der Waals surface area contributed by atoms with Gasteiger partial charge in [0.15, 0.2) is 0 Å². The van der Waals surface area contributed by atoms with Gasteiger partial charge in [0.05, 0.1) is 16.8 Å². The number of imide groups is 1. The Morgan fingerprint density at radius 3 is 2.33 bits per heavy atom. The zero-order valence-corrected chi connectivity index (χ0v) is 17.0. The molecule has 0 saturated heterocycles. The number of rotatable bonds is 7. The minimum absolute atomic E-state index is 0.142. The number of carbonyl (C=O) groups excluding carboxylic acids is 3. The summed E-state index contributed by atoms with van der Waals surface area (Å²) in [4.78, 5) is 44.3. The van der Waals surface area contributed by atoms with Crippen molar-refractivity contribution in [2.45, 2.75) is 32.7 Å². The summed E-state index contributed by atoms with van der Waals surface area (Å²) in [5, 5.41) is 2.89. The summed E-state index contributed by atoms with van der Waals surface area (Å²) in [6, 6.07) is 11.6. The van der Waals surface area contributed by atoms with E-state index in [9.17, 15) is 14.4 Å². The Hall–Kier alpha value is -3.48. The SMILES string of the molecule is CC(C)C[C@@H](C(=O)NCCc1cn2ccccc2n1)N1C(=O)c2ccccc2C1=O. The standard InChI is InChI=1S/C23H24N4O3/c1-15(2)13-19(27-22(29)17-7-3-4-8-18(17)23(27)30)21(28)24-11-10-16-14-26-12-6-5-9-20(26)25-16/h3-9,12,14-15,19H,10-11,13H2,1-2H3,(H,24,28)/t19-/m0/s1. The van der Waals surface area contributed by atoms with Crippen molar-refractivity contribution in [3.05, 3.63) is 71.7 Å². The Bertz CT molecular complexity index is 1050. The Balaban J connectivity index is 1.46. The number of imidazole rings is 1. The molecule has 0 fully saturated rings. The van der Waals surface area contributed by atoms with Crippen LogP contribution in [0.5, 0.6) is 0 Å². The number of pyridine rings is 1. The Morgan fingerprint density at radius 1 is 1.03 bits per heavy atom. The van der Waals surface area contributed by atoms with Crippen LogP contribution >= 0.6 is 0 Å². The maximum absolute atomic E-state index is 13.0. The number of fused-ring (bicyclic) bond motifs is 2. The predicted octanol–water partition coefficient (Wildman–Crippen LogP) is 2.70. The number of amides is 3. The molecule has 1 aliphatic heterocycles. The maximum Gasteiger partial charge on any atom is 0.262 e. The Labute approximate surface area is 174 Å². The number of hydrogen-bond donors (Lipinski definition) is 1. The number of aromatic nitrogens is 2. The first-order valence-corrected chi connectivity index (χ1v) is 10.1. The summed E-state index contributed by atoms with van der Waals surface area (Å²) in [6.45, 7) is 4.31. The summed E-state index contributed by atoms with van der Waals surface area (Å²) in [5.41, 5.74) is 2.42. The first-order valence-electron chi connectivity index (χ1n) is 10.1. The van der Waals surface area contributed by atoms with Crippen molar-refractivity contribution in [2.24, 2.45) is 5.92 Å². The first-order chi connectivity index (χ1) is 14.5. The van der Waals surface area contributed by atoms with Gasteiger partial charge in [0.1, 0.15) is 11.7 Å².